The van der Waals surface area contributed by atoms with E-state index in [0.29, 0.717) is 10.7 Å². The summed E-state index contributed by atoms with van der Waals surface area (Å²) in [7, 11) is -4.08. The highest BCUT2D eigenvalue weighted by Crippen LogP contribution is 2.32. The first-order valence-corrected chi connectivity index (χ1v) is 12.0. The zero-order valence-electron chi connectivity index (χ0n) is 17.6. The minimum atomic E-state index is -4.08. The number of aryl methyl sites for hydroxylation is 1. The monoisotopic (exact) mass is 468 g/mol. The molecule has 2 heterocycles. The van der Waals surface area contributed by atoms with Crippen molar-refractivity contribution >= 4 is 49.9 Å². The number of carbonyl (C=O) groups excluding carboxylic acids is 1. The molecule has 164 valence electrons. The van der Waals surface area contributed by atoms with Gasteiger partial charge in [0.1, 0.15) is 15.7 Å². The molecule has 0 bridgehead atoms. The zero-order chi connectivity index (χ0) is 23.0. The zero-order valence-corrected chi connectivity index (χ0v) is 19.2. The average molecular weight is 469 g/mol. The summed E-state index contributed by atoms with van der Waals surface area (Å²) >= 11 is 1.26. The van der Waals surface area contributed by atoms with Crippen LogP contribution in [0.5, 0.6) is 5.75 Å². The van der Waals surface area contributed by atoms with Crippen molar-refractivity contribution in [3.8, 4) is 5.75 Å². The van der Waals surface area contributed by atoms with Crippen molar-refractivity contribution in [1.82, 2.24) is 5.01 Å². The van der Waals surface area contributed by atoms with Crippen molar-refractivity contribution in [3.05, 3.63) is 65.2 Å². The topological polar surface area (TPSA) is 112 Å². The number of fused-ring (bicyclic) bond motifs is 1. The number of amidine groups is 2. The third kappa shape index (κ3) is 4.23. The highest BCUT2D eigenvalue weighted by Gasteiger charge is 2.36. The number of para-hydroxylation sites is 1. The van der Waals surface area contributed by atoms with E-state index in [1.54, 1.807) is 30.3 Å². The molecule has 2 aliphatic heterocycles. The summed E-state index contributed by atoms with van der Waals surface area (Å²) in [5, 5.41) is 15.3. The van der Waals surface area contributed by atoms with Crippen LogP contribution in [0, 0.1) is 18.3 Å². The van der Waals surface area contributed by atoms with Gasteiger partial charge in [0.2, 0.25) is 5.17 Å². The Bertz CT molecular complexity index is 1310. The average Bonchev–Trinajstić information content (AvgIpc) is 3.17. The molecule has 2 aromatic carbocycles. The summed E-state index contributed by atoms with van der Waals surface area (Å²) in [5.41, 5.74) is 1.24. The highest BCUT2D eigenvalue weighted by molar-refractivity contribution is 8.27. The van der Waals surface area contributed by atoms with E-state index in [4.69, 9.17) is 9.59 Å². The van der Waals surface area contributed by atoms with E-state index in [1.807, 2.05) is 20.8 Å². The van der Waals surface area contributed by atoms with Crippen molar-refractivity contribution in [2.24, 2.45) is 16.0 Å². The molecule has 0 saturated carbocycles. The maximum absolute atomic E-state index is 12.7. The summed E-state index contributed by atoms with van der Waals surface area (Å²) in [4.78, 5) is 16.7. The van der Waals surface area contributed by atoms with Crippen LogP contribution in [-0.4, -0.2) is 35.4 Å². The van der Waals surface area contributed by atoms with Crippen molar-refractivity contribution in [2.75, 3.05) is 0 Å². The molecule has 0 radical (unpaired) electrons. The van der Waals surface area contributed by atoms with Crippen LogP contribution in [0.15, 0.2) is 69.1 Å². The Balaban J connectivity index is 1.68. The van der Waals surface area contributed by atoms with Gasteiger partial charge in [0, 0.05) is 11.5 Å². The Kier molecular flexibility index (Phi) is 5.74. The molecule has 0 fully saturated rings. The van der Waals surface area contributed by atoms with Gasteiger partial charge >= 0.3 is 10.1 Å². The largest absolute Gasteiger partial charge is 0.378 e. The van der Waals surface area contributed by atoms with E-state index in [9.17, 15) is 13.2 Å². The van der Waals surface area contributed by atoms with Crippen LogP contribution in [0.1, 0.15) is 25.0 Å². The molecule has 0 spiro atoms. The first kappa shape index (κ1) is 22.0. The van der Waals surface area contributed by atoms with Gasteiger partial charge in [-0.1, -0.05) is 49.7 Å². The van der Waals surface area contributed by atoms with E-state index in [1.165, 1.54) is 41.0 Å². The standard InChI is InChI=1S/C22H20N4O4S2/c1-13(2)21-25-26-19(23)17(20(27)24-22(26)31-21)12-15-6-4-5-7-18(15)30-32(28,29)16-10-8-14(3)9-11-16/h4-13,23H,1-3H3. The predicted molar refractivity (Wildman–Crippen MR) is 125 cm³/mol. The van der Waals surface area contributed by atoms with Crippen molar-refractivity contribution in [2.45, 2.75) is 25.7 Å². The second kappa shape index (κ2) is 8.36. The number of nitrogens with zero attached hydrogens (tertiary/aromatic N) is 3. The maximum atomic E-state index is 12.7. The van der Waals surface area contributed by atoms with Crippen LogP contribution >= 0.6 is 11.8 Å². The van der Waals surface area contributed by atoms with Crippen LogP contribution in [0.2, 0.25) is 0 Å². The molecule has 0 atom stereocenters. The Morgan fingerprint density at radius 3 is 2.50 bits per heavy atom. The third-order valence-electron chi connectivity index (χ3n) is 4.69. The fourth-order valence-corrected chi connectivity index (χ4v) is 4.79. The van der Waals surface area contributed by atoms with Crippen molar-refractivity contribution in [3.63, 3.8) is 0 Å². The molecule has 8 nitrogen and oxygen atoms in total. The normalized spacial score (nSPS) is 17.5. The molecule has 0 aromatic heterocycles. The van der Waals surface area contributed by atoms with Crippen LogP contribution in [0.3, 0.4) is 0 Å². The van der Waals surface area contributed by atoms with Crippen molar-refractivity contribution in [1.29, 1.82) is 5.41 Å². The summed E-state index contributed by atoms with van der Waals surface area (Å²) in [5.74, 6) is -0.549. The number of carbonyl (C=O) groups is 1. The lowest BCUT2D eigenvalue weighted by atomic mass is 10.1. The number of aliphatic imine (C=N–C) groups is 1. The van der Waals surface area contributed by atoms with Crippen molar-refractivity contribution < 1.29 is 17.4 Å². The molecule has 1 amide bonds. The van der Waals surface area contributed by atoms with E-state index < -0.39 is 16.0 Å². The lowest BCUT2D eigenvalue weighted by Gasteiger charge is -2.20. The molecular formula is C22H20N4O4S2. The minimum absolute atomic E-state index is 0.00751. The molecule has 10 heteroatoms. The third-order valence-corrected chi connectivity index (χ3v) is 7.15. The van der Waals surface area contributed by atoms with Gasteiger partial charge in [0.05, 0.1) is 5.57 Å². The number of hydrogen-bond donors (Lipinski definition) is 1. The number of hydrogen-bond acceptors (Lipinski definition) is 7. The summed E-state index contributed by atoms with van der Waals surface area (Å²) in [6.45, 7) is 5.79. The smallest absolute Gasteiger partial charge is 0.339 e. The van der Waals surface area contributed by atoms with Crippen LogP contribution < -0.4 is 4.18 Å². The first-order chi connectivity index (χ1) is 15.2. The molecule has 2 aliphatic rings. The van der Waals surface area contributed by atoms with Crippen LogP contribution in [-0.2, 0) is 14.9 Å². The van der Waals surface area contributed by atoms with Gasteiger partial charge in [-0.15, -0.1) is 0 Å². The quantitative estimate of drug-likeness (QED) is 0.524. The maximum Gasteiger partial charge on any atom is 0.339 e. The summed E-state index contributed by atoms with van der Waals surface area (Å²) in [6, 6.07) is 12.7. The Hall–Kier alpha value is -3.24. The van der Waals surface area contributed by atoms with Gasteiger partial charge in [-0.05, 0) is 43.0 Å². The second-order valence-electron chi connectivity index (χ2n) is 7.50. The summed E-state index contributed by atoms with van der Waals surface area (Å²) < 4.78 is 30.8. The highest BCUT2D eigenvalue weighted by atomic mass is 32.2. The fourth-order valence-electron chi connectivity index (χ4n) is 2.94. The number of amides is 1. The Labute approximate surface area is 190 Å². The second-order valence-corrected chi connectivity index (χ2v) is 10.0. The fraction of sp³-hybridized carbons (Fsp3) is 0.182. The molecule has 0 aliphatic carbocycles. The number of nitrogens with one attached hydrogen (secondary N) is 1. The van der Waals surface area contributed by atoms with Gasteiger partial charge in [-0.25, -0.2) is 0 Å². The molecule has 0 unspecified atom stereocenters. The van der Waals surface area contributed by atoms with Gasteiger partial charge in [0.15, 0.2) is 5.84 Å². The number of rotatable bonds is 5. The number of benzene rings is 2. The van der Waals surface area contributed by atoms with Gasteiger partial charge in [-0.2, -0.15) is 23.5 Å². The SMILES string of the molecule is Cc1ccc(S(=O)(=O)Oc2ccccc2C=C2C(=N)N3N=C(C(C)C)SC3=NC2=O)cc1. The lowest BCUT2D eigenvalue weighted by molar-refractivity contribution is -0.114. The first-order valence-electron chi connectivity index (χ1n) is 9.76. The lowest BCUT2D eigenvalue weighted by Crippen LogP contribution is -2.35. The van der Waals surface area contributed by atoms with E-state index in [-0.39, 0.29) is 28.0 Å². The van der Waals surface area contributed by atoms with Gasteiger partial charge in [0.25, 0.3) is 5.91 Å². The molecule has 0 saturated heterocycles. The minimum Gasteiger partial charge on any atom is -0.378 e. The van der Waals surface area contributed by atoms with Crippen LogP contribution in [0.25, 0.3) is 6.08 Å². The molecular weight excluding hydrogens is 448 g/mol. The number of thioether (sulfide) groups is 1. The predicted octanol–water partition coefficient (Wildman–Crippen LogP) is 4.04. The number of hydrazone groups is 1. The van der Waals surface area contributed by atoms with E-state index in [2.05, 4.69) is 10.1 Å². The molecule has 2 aromatic rings. The summed E-state index contributed by atoms with van der Waals surface area (Å²) in [6.07, 6.45) is 1.40. The Morgan fingerprint density at radius 1 is 1.12 bits per heavy atom. The Morgan fingerprint density at radius 2 is 1.81 bits per heavy atom. The molecule has 4 rings (SSSR count). The van der Waals surface area contributed by atoms with E-state index >= 15 is 0 Å². The van der Waals surface area contributed by atoms with Gasteiger partial charge in [-0.3, -0.25) is 10.2 Å². The van der Waals surface area contributed by atoms with Gasteiger partial charge < -0.3 is 4.18 Å². The van der Waals surface area contributed by atoms with Crippen LogP contribution in [0.4, 0.5) is 0 Å². The molecule has 32 heavy (non-hydrogen) atoms. The van der Waals surface area contributed by atoms with E-state index in [0.717, 1.165) is 10.6 Å². The molecule has 1 N–H and O–H groups in total.